The monoisotopic (exact) mass is 190 g/mol. The Hall–Kier alpha value is -0.820. The van der Waals surface area contributed by atoms with Crippen LogP contribution in [0.3, 0.4) is 0 Å². The fourth-order valence-electron chi connectivity index (χ4n) is 2.12. The Morgan fingerprint density at radius 3 is 2.43 bits per heavy atom. The number of ether oxygens (including phenoxy) is 1. The molecule has 0 aromatic heterocycles. The molecule has 0 bridgehead atoms. The predicted octanol–water partition coefficient (Wildman–Crippen LogP) is 3.27. The maximum Gasteiger partial charge on any atom is 0.0929 e. The molecule has 1 aliphatic heterocycles. The number of benzene rings is 1. The first-order valence-corrected chi connectivity index (χ1v) is 5.34. The Morgan fingerprint density at radius 2 is 1.93 bits per heavy atom. The molecule has 1 aromatic carbocycles. The van der Waals surface area contributed by atoms with Gasteiger partial charge in [-0.3, -0.25) is 0 Å². The lowest BCUT2D eigenvalue weighted by molar-refractivity contribution is -0.00581. The van der Waals surface area contributed by atoms with E-state index in [2.05, 4.69) is 45.0 Å². The molecule has 2 rings (SSSR count). The summed E-state index contributed by atoms with van der Waals surface area (Å²) in [6.45, 7) is 7.48. The highest BCUT2D eigenvalue weighted by Crippen LogP contribution is 2.40. The Kier molecular flexibility index (Phi) is 2.36. The van der Waals surface area contributed by atoms with Gasteiger partial charge in [-0.1, -0.05) is 36.8 Å². The minimum absolute atomic E-state index is 0.0618. The van der Waals surface area contributed by atoms with Crippen molar-refractivity contribution in [1.82, 2.24) is 0 Å². The fourth-order valence-corrected chi connectivity index (χ4v) is 2.12. The van der Waals surface area contributed by atoms with Crippen LogP contribution in [0.4, 0.5) is 0 Å². The van der Waals surface area contributed by atoms with Crippen LogP contribution in [0.5, 0.6) is 0 Å². The van der Waals surface area contributed by atoms with E-state index in [9.17, 15) is 0 Å². The number of rotatable bonds is 1. The van der Waals surface area contributed by atoms with Gasteiger partial charge >= 0.3 is 0 Å². The zero-order chi connectivity index (χ0) is 10.2. The normalized spacial score (nSPS) is 32.1. The van der Waals surface area contributed by atoms with Crippen LogP contribution < -0.4 is 0 Å². The fraction of sp³-hybridized carbons (Fsp3) is 0.538. The van der Waals surface area contributed by atoms with Crippen LogP contribution in [0, 0.1) is 12.8 Å². The molecular weight excluding hydrogens is 172 g/mol. The first kappa shape index (κ1) is 9.72. The van der Waals surface area contributed by atoms with Crippen molar-refractivity contribution in [2.45, 2.75) is 32.8 Å². The first-order valence-electron chi connectivity index (χ1n) is 5.34. The molecule has 0 aliphatic carbocycles. The summed E-state index contributed by atoms with van der Waals surface area (Å²) in [5.41, 5.74) is 2.56. The van der Waals surface area contributed by atoms with Crippen molar-refractivity contribution in [2.75, 3.05) is 6.61 Å². The van der Waals surface area contributed by atoms with Gasteiger partial charge in [0.15, 0.2) is 0 Å². The summed E-state index contributed by atoms with van der Waals surface area (Å²) in [6, 6.07) is 8.71. The molecule has 14 heavy (non-hydrogen) atoms. The summed E-state index contributed by atoms with van der Waals surface area (Å²) in [5.74, 6) is 0.616. The van der Waals surface area contributed by atoms with Gasteiger partial charge in [0.1, 0.15) is 0 Å². The summed E-state index contributed by atoms with van der Waals surface area (Å²) >= 11 is 0. The van der Waals surface area contributed by atoms with E-state index in [1.54, 1.807) is 0 Å². The van der Waals surface area contributed by atoms with Crippen LogP contribution in [-0.2, 0) is 10.3 Å². The number of hydrogen-bond donors (Lipinski definition) is 0. The van der Waals surface area contributed by atoms with E-state index in [-0.39, 0.29) is 5.60 Å². The summed E-state index contributed by atoms with van der Waals surface area (Å²) < 4.78 is 5.88. The van der Waals surface area contributed by atoms with Crippen LogP contribution in [-0.4, -0.2) is 6.61 Å². The Labute approximate surface area is 86.1 Å². The van der Waals surface area contributed by atoms with E-state index >= 15 is 0 Å². The largest absolute Gasteiger partial charge is 0.370 e. The molecule has 1 nitrogen and oxygen atoms in total. The van der Waals surface area contributed by atoms with Crippen molar-refractivity contribution in [3.63, 3.8) is 0 Å². The molecule has 0 unspecified atom stereocenters. The molecule has 0 radical (unpaired) electrons. The van der Waals surface area contributed by atoms with E-state index in [1.165, 1.54) is 17.5 Å². The minimum Gasteiger partial charge on any atom is -0.370 e. The molecular formula is C13H18O. The molecule has 1 saturated heterocycles. The van der Waals surface area contributed by atoms with E-state index in [0.717, 1.165) is 6.61 Å². The second-order valence-corrected chi connectivity index (χ2v) is 4.51. The van der Waals surface area contributed by atoms with Gasteiger partial charge in [0, 0.05) is 6.61 Å². The average Bonchev–Trinajstić information content (AvgIpc) is 2.49. The van der Waals surface area contributed by atoms with Crippen LogP contribution in [0.15, 0.2) is 24.3 Å². The van der Waals surface area contributed by atoms with Gasteiger partial charge in [-0.05, 0) is 31.7 Å². The minimum atomic E-state index is -0.0618. The zero-order valence-corrected chi connectivity index (χ0v) is 9.21. The molecule has 2 atom stereocenters. The van der Waals surface area contributed by atoms with Crippen LogP contribution in [0.1, 0.15) is 31.4 Å². The highest BCUT2D eigenvalue weighted by molar-refractivity contribution is 5.27. The highest BCUT2D eigenvalue weighted by Gasteiger charge is 2.38. The summed E-state index contributed by atoms with van der Waals surface area (Å²) in [7, 11) is 0. The molecule has 0 saturated carbocycles. The van der Waals surface area contributed by atoms with Crippen LogP contribution in [0.25, 0.3) is 0 Å². The maximum absolute atomic E-state index is 5.88. The van der Waals surface area contributed by atoms with Gasteiger partial charge < -0.3 is 4.74 Å². The summed E-state index contributed by atoms with van der Waals surface area (Å²) in [5, 5.41) is 0. The van der Waals surface area contributed by atoms with Crippen molar-refractivity contribution in [3.05, 3.63) is 35.4 Å². The van der Waals surface area contributed by atoms with Crippen molar-refractivity contribution in [1.29, 1.82) is 0 Å². The third-order valence-electron chi connectivity index (χ3n) is 3.52. The second-order valence-electron chi connectivity index (χ2n) is 4.51. The molecule has 1 heterocycles. The van der Waals surface area contributed by atoms with Gasteiger partial charge in [-0.15, -0.1) is 0 Å². The molecule has 0 spiro atoms. The predicted molar refractivity (Wildman–Crippen MR) is 58.3 cm³/mol. The third-order valence-corrected chi connectivity index (χ3v) is 3.52. The Balaban J connectivity index is 2.34. The number of hydrogen-bond acceptors (Lipinski definition) is 1. The van der Waals surface area contributed by atoms with E-state index < -0.39 is 0 Å². The highest BCUT2D eigenvalue weighted by atomic mass is 16.5. The number of aryl methyl sites for hydroxylation is 1. The lowest BCUT2D eigenvalue weighted by Crippen LogP contribution is -2.26. The quantitative estimate of drug-likeness (QED) is 0.660. The smallest absolute Gasteiger partial charge is 0.0929 e. The van der Waals surface area contributed by atoms with Crippen molar-refractivity contribution < 1.29 is 4.74 Å². The van der Waals surface area contributed by atoms with Crippen molar-refractivity contribution >= 4 is 0 Å². The van der Waals surface area contributed by atoms with Gasteiger partial charge in [0.2, 0.25) is 0 Å². The van der Waals surface area contributed by atoms with Gasteiger partial charge in [-0.25, -0.2) is 0 Å². The SMILES string of the molecule is Cc1ccc([C@]2(C)OCC[C@H]2C)cc1. The Morgan fingerprint density at radius 1 is 1.29 bits per heavy atom. The van der Waals surface area contributed by atoms with Crippen LogP contribution in [0.2, 0.25) is 0 Å². The van der Waals surface area contributed by atoms with Crippen LogP contribution >= 0.6 is 0 Å². The second kappa shape index (κ2) is 3.39. The topological polar surface area (TPSA) is 9.23 Å². The first-order chi connectivity index (χ1) is 6.63. The standard InChI is InChI=1S/C13H18O/c1-10-4-6-12(7-5-10)13(3)11(2)8-9-14-13/h4-7,11H,8-9H2,1-3H3/t11-,13-/m1/s1. The lowest BCUT2D eigenvalue weighted by Gasteiger charge is -2.28. The van der Waals surface area contributed by atoms with E-state index in [0.29, 0.717) is 5.92 Å². The third kappa shape index (κ3) is 1.46. The van der Waals surface area contributed by atoms with Gasteiger partial charge in [0.25, 0.3) is 0 Å². The van der Waals surface area contributed by atoms with E-state index in [4.69, 9.17) is 4.74 Å². The van der Waals surface area contributed by atoms with Crippen molar-refractivity contribution in [2.24, 2.45) is 5.92 Å². The average molecular weight is 190 g/mol. The van der Waals surface area contributed by atoms with Crippen molar-refractivity contribution in [3.8, 4) is 0 Å². The molecule has 1 aromatic rings. The molecule has 1 heteroatoms. The molecule has 0 N–H and O–H groups in total. The summed E-state index contributed by atoms with van der Waals surface area (Å²) in [4.78, 5) is 0. The molecule has 1 fully saturated rings. The van der Waals surface area contributed by atoms with Gasteiger partial charge in [-0.2, -0.15) is 0 Å². The summed E-state index contributed by atoms with van der Waals surface area (Å²) in [6.07, 6.45) is 1.17. The molecule has 1 aliphatic rings. The maximum atomic E-state index is 5.88. The Bertz CT molecular complexity index is 315. The van der Waals surface area contributed by atoms with E-state index in [1.807, 2.05) is 0 Å². The molecule has 76 valence electrons. The van der Waals surface area contributed by atoms with Gasteiger partial charge in [0.05, 0.1) is 5.60 Å². The molecule has 0 amide bonds. The zero-order valence-electron chi connectivity index (χ0n) is 9.21. The lowest BCUT2D eigenvalue weighted by atomic mass is 9.84.